The Morgan fingerprint density at radius 2 is 1.77 bits per heavy atom. The topological polar surface area (TPSA) is 66.5 Å². The monoisotopic (exact) mass is 448 g/mol. The number of amides is 1. The normalized spacial score (nSPS) is 18.5. The molecule has 5 nitrogen and oxygen atoms in total. The zero-order valence-electron chi connectivity index (χ0n) is 17.4. The maximum atomic E-state index is 14.0. The first-order valence-corrected chi connectivity index (χ1v) is 12.1. The first-order chi connectivity index (χ1) is 14.8. The maximum absolute atomic E-state index is 14.0. The summed E-state index contributed by atoms with van der Waals surface area (Å²) in [6.07, 6.45) is 3.76. The van der Waals surface area contributed by atoms with E-state index >= 15 is 0 Å². The van der Waals surface area contributed by atoms with Crippen molar-refractivity contribution in [3.63, 3.8) is 0 Å². The summed E-state index contributed by atoms with van der Waals surface area (Å²) < 4.78 is 54.6. The van der Waals surface area contributed by atoms with Gasteiger partial charge in [-0.15, -0.1) is 0 Å². The molecule has 0 aromatic heterocycles. The number of aryl methyl sites for hydroxylation is 2. The number of carbonyl (C=O) groups is 1. The zero-order chi connectivity index (χ0) is 22.2. The van der Waals surface area contributed by atoms with E-state index < -0.39 is 27.7 Å². The zero-order valence-corrected chi connectivity index (χ0v) is 18.2. The Labute approximate surface area is 181 Å². The molecular weight excluding hydrogens is 422 g/mol. The standard InChI is InChI=1S/C23H26F2N2O3S/c1-15(21-8-6-19(24)14-22(21)25)26-23(28)17-9-11-27(12-10-17)31(29,30)20-7-5-16-3-2-4-18(16)13-20/h5-8,13-15,17H,2-4,9-12H2,1H3,(H,26,28). The molecule has 0 radical (unpaired) electrons. The number of halogens is 2. The number of fused-ring (bicyclic) bond motifs is 1. The van der Waals surface area contributed by atoms with Gasteiger partial charge in [0.1, 0.15) is 11.6 Å². The largest absolute Gasteiger partial charge is 0.349 e. The van der Waals surface area contributed by atoms with Gasteiger partial charge in [0.15, 0.2) is 0 Å². The van der Waals surface area contributed by atoms with Crippen LogP contribution in [0.15, 0.2) is 41.3 Å². The van der Waals surface area contributed by atoms with E-state index in [4.69, 9.17) is 0 Å². The molecule has 8 heteroatoms. The highest BCUT2D eigenvalue weighted by molar-refractivity contribution is 7.89. The number of hydrogen-bond acceptors (Lipinski definition) is 3. The second-order valence-electron chi connectivity index (χ2n) is 8.36. The molecule has 1 N–H and O–H groups in total. The highest BCUT2D eigenvalue weighted by Crippen LogP contribution is 2.29. The summed E-state index contributed by atoms with van der Waals surface area (Å²) in [5.41, 5.74) is 2.55. The summed E-state index contributed by atoms with van der Waals surface area (Å²) in [5.74, 6) is -1.97. The summed E-state index contributed by atoms with van der Waals surface area (Å²) >= 11 is 0. The molecule has 4 rings (SSSR count). The molecule has 0 spiro atoms. The van der Waals surface area contributed by atoms with Crippen LogP contribution in [0.25, 0.3) is 0 Å². The van der Waals surface area contributed by atoms with Crippen molar-refractivity contribution in [1.82, 2.24) is 9.62 Å². The average molecular weight is 449 g/mol. The number of sulfonamides is 1. The summed E-state index contributed by atoms with van der Waals surface area (Å²) in [4.78, 5) is 13.0. The van der Waals surface area contributed by atoms with E-state index in [1.54, 1.807) is 19.1 Å². The Bertz CT molecular complexity index is 1100. The van der Waals surface area contributed by atoms with Crippen LogP contribution in [0.1, 0.15) is 48.9 Å². The lowest BCUT2D eigenvalue weighted by Gasteiger charge is -2.31. The molecule has 1 heterocycles. The van der Waals surface area contributed by atoms with Gasteiger partial charge in [0, 0.05) is 30.6 Å². The minimum atomic E-state index is -3.59. The molecule has 31 heavy (non-hydrogen) atoms. The van der Waals surface area contributed by atoms with Crippen molar-refractivity contribution in [3.8, 4) is 0 Å². The lowest BCUT2D eigenvalue weighted by molar-refractivity contribution is -0.126. The molecule has 1 aliphatic carbocycles. The van der Waals surface area contributed by atoms with Crippen LogP contribution in [0.4, 0.5) is 8.78 Å². The SMILES string of the molecule is CC(NC(=O)C1CCN(S(=O)(=O)c2ccc3c(c2)CCC3)CC1)c1ccc(F)cc1F. The van der Waals surface area contributed by atoms with E-state index in [0.717, 1.165) is 37.0 Å². The molecule has 1 atom stereocenters. The summed E-state index contributed by atoms with van der Waals surface area (Å²) in [6, 6.07) is 8.03. The predicted molar refractivity (Wildman–Crippen MR) is 113 cm³/mol. The summed E-state index contributed by atoms with van der Waals surface area (Å²) in [7, 11) is -3.59. The van der Waals surface area contributed by atoms with E-state index in [0.29, 0.717) is 17.7 Å². The Hall–Kier alpha value is -2.32. The molecule has 1 fully saturated rings. The molecule has 0 bridgehead atoms. The van der Waals surface area contributed by atoms with Gasteiger partial charge in [-0.3, -0.25) is 4.79 Å². The summed E-state index contributed by atoms with van der Waals surface area (Å²) in [5, 5.41) is 2.77. The number of rotatable bonds is 5. The van der Waals surface area contributed by atoms with Crippen molar-refractivity contribution in [1.29, 1.82) is 0 Å². The van der Waals surface area contributed by atoms with Crippen LogP contribution in [-0.4, -0.2) is 31.7 Å². The van der Waals surface area contributed by atoms with Gasteiger partial charge in [-0.25, -0.2) is 17.2 Å². The van der Waals surface area contributed by atoms with Crippen LogP contribution in [0, 0.1) is 17.6 Å². The van der Waals surface area contributed by atoms with E-state index in [9.17, 15) is 22.0 Å². The quantitative estimate of drug-likeness (QED) is 0.758. The van der Waals surface area contributed by atoms with E-state index in [-0.39, 0.29) is 30.5 Å². The predicted octanol–water partition coefficient (Wildman–Crippen LogP) is 3.73. The average Bonchev–Trinajstić information content (AvgIpc) is 3.21. The molecule has 2 aromatic rings. The van der Waals surface area contributed by atoms with Crippen LogP contribution in [-0.2, 0) is 27.7 Å². The number of benzene rings is 2. The minimum Gasteiger partial charge on any atom is -0.349 e. The Balaban J connectivity index is 1.37. The molecule has 2 aromatic carbocycles. The van der Waals surface area contributed by atoms with E-state index in [2.05, 4.69) is 5.32 Å². The molecule has 1 unspecified atom stereocenters. The number of carbonyl (C=O) groups excluding carboxylic acids is 1. The third-order valence-corrected chi connectivity index (χ3v) is 8.21. The first kappa shape index (κ1) is 21.9. The van der Waals surface area contributed by atoms with Gasteiger partial charge in [0.2, 0.25) is 15.9 Å². The third-order valence-electron chi connectivity index (χ3n) is 6.32. The van der Waals surface area contributed by atoms with Crippen LogP contribution in [0.3, 0.4) is 0 Å². The van der Waals surface area contributed by atoms with Gasteiger partial charge in [0.05, 0.1) is 10.9 Å². The van der Waals surface area contributed by atoms with Gasteiger partial charge in [-0.1, -0.05) is 12.1 Å². The molecule has 2 aliphatic rings. The van der Waals surface area contributed by atoms with Crippen molar-refractivity contribution in [2.45, 2.75) is 50.0 Å². The van der Waals surface area contributed by atoms with Crippen LogP contribution >= 0.6 is 0 Å². The van der Waals surface area contributed by atoms with Gasteiger partial charge < -0.3 is 5.32 Å². The van der Waals surface area contributed by atoms with Crippen molar-refractivity contribution in [3.05, 3.63) is 64.7 Å². The minimum absolute atomic E-state index is 0.214. The summed E-state index contributed by atoms with van der Waals surface area (Å²) in [6.45, 7) is 2.16. The van der Waals surface area contributed by atoms with Crippen molar-refractivity contribution in [2.24, 2.45) is 5.92 Å². The fourth-order valence-electron chi connectivity index (χ4n) is 4.48. The Kier molecular flexibility index (Phi) is 6.12. The van der Waals surface area contributed by atoms with Gasteiger partial charge in [0.25, 0.3) is 0 Å². The number of hydrogen-bond donors (Lipinski definition) is 1. The van der Waals surface area contributed by atoms with Gasteiger partial charge in [-0.05, 0) is 68.4 Å². The lowest BCUT2D eigenvalue weighted by Crippen LogP contribution is -2.43. The van der Waals surface area contributed by atoms with Gasteiger partial charge >= 0.3 is 0 Å². The first-order valence-electron chi connectivity index (χ1n) is 10.6. The number of nitrogens with zero attached hydrogens (tertiary/aromatic N) is 1. The van der Waals surface area contributed by atoms with E-state index in [1.165, 1.54) is 15.9 Å². The van der Waals surface area contributed by atoms with E-state index in [1.807, 2.05) is 6.07 Å². The third kappa shape index (κ3) is 4.50. The molecule has 1 amide bonds. The van der Waals surface area contributed by atoms with Crippen LogP contribution in [0.2, 0.25) is 0 Å². The smallest absolute Gasteiger partial charge is 0.243 e. The molecule has 166 valence electrons. The van der Waals surface area contributed by atoms with Crippen molar-refractivity contribution < 1.29 is 22.0 Å². The van der Waals surface area contributed by atoms with Gasteiger partial charge in [-0.2, -0.15) is 4.31 Å². The highest BCUT2D eigenvalue weighted by atomic mass is 32.2. The van der Waals surface area contributed by atoms with Crippen molar-refractivity contribution in [2.75, 3.05) is 13.1 Å². The fourth-order valence-corrected chi connectivity index (χ4v) is 6.00. The molecular formula is C23H26F2N2O3S. The number of nitrogens with one attached hydrogen (secondary N) is 1. The lowest BCUT2D eigenvalue weighted by atomic mass is 9.96. The second-order valence-corrected chi connectivity index (χ2v) is 10.3. The molecule has 0 saturated carbocycles. The number of piperidine rings is 1. The molecule has 1 aliphatic heterocycles. The fraction of sp³-hybridized carbons (Fsp3) is 0.435. The maximum Gasteiger partial charge on any atom is 0.243 e. The van der Waals surface area contributed by atoms with Crippen LogP contribution < -0.4 is 5.32 Å². The second kappa shape index (κ2) is 8.67. The Morgan fingerprint density at radius 3 is 2.48 bits per heavy atom. The molecule has 1 saturated heterocycles. The van der Waals surface area contributed by atoms with Crippen LogP contribution in [0.5, 0.6) is 0 Å². The Morgan fingerprint density at radius 1 is 1.06 bits per heavy atom. The highest BCUT2D eigenvalue weighted by Gasteiger charge is 2.33. The van der Waals surface area contributed by atoms with Crippen molar-refractivity contribution >= 4 is 15.9 Å².